The number of carbonyl (C=O) groups excluding carboxylic acids is 1. The Balaban J connectivity index is 2.57. The van der Waals surface area contributed by atoms with Gasteiger partial charge in [-0.1, -0.05) is 6.92 Å². The van der Waals surface area contributed by atoms with Crippen LogP contribution in [0.1, 0.15) is 17.3 Å². The summed E-state index contributed by atoms with van der Waals surface area (Å²) in [7, 11) is 1.39. The number of hydrogen-bond acceptors (Lipinski definition) is 4. The van der Waals surface area contributed by atoms with Gasteiger partial charge in [0.15, 0.2) is 5.78 Å². The van der Waals surface area contributed by atoms with Crippen LogP contribution < -0.4 is 4.74 Å². The van der Waals surface area contributed by atoms with E-state index in [-0.39, 0.29) is 22.2 Å². The minimum Gasteiger partial charge on any atom is -0.492 e. The van der Waals surface area contributed by atoms with E-state index in [9.17, 15) is 13.2 Å². The van der Waals surface area contributed by atoms with Crippen molar-refractivity contribution >= 4 is 25.5 Å². The fourth-order valence-electron chi connectivity index (χ4n) is 1.54. The molecule has 0 N–H and O–H groups in total. The van der Waals surface area contributed by atoms with Crippen molar-refractivity contribution in [1.29, 1.82) is 0 Å². The first-order valence-corrected chi connectivity index (χ1v) is 6.96. The summed E-state index contributed by atoms with van der Waals surface area (Å²) in [6.45, 7) is 2.05. The molecular formula is C10H9ClO4S. The van der Waals surface area contributed by atoms with Gasteiger partial charge in [0.2, 0.25) is 0 Å². The van der Waals surface area contributed by atoms with Crippen molar-refractivity contribution in [2.24, 2.45) is 5.92 Å². The fraction of sp³-hybridized carbons (Fsp3) is 0.300. The molecule has 1 unspecified atom stereocenters. The Labute approximate surface area is 97.6 Å². The van der Waals surface area contributed by atoms with Crippen molar-refractivity contribution in [3.8, 4) is 5.75 Å². The molecule has 16 heavy (non-hydrogen) atoms. The smallest absolute Gasteiger partial charge is 0.261 e. The molecule has 1 atom stereocenters. The van der Waals surface area contributed by atoms with Gasteiger partial charge in [-0.25, -0.2) is 8.42 Å². The lowest BCUT2D eigenvalue weighted by Gasteiger charge is -2.21. The Morgan fingerprint density at radius 1 is 1.44 bits per heavy atom. The van der Waals surface area contributed by atoms with Crippen LogP contribution in [0.5, 0.6) is 5.75 Å². The summed E-state index contributed by atoms with van der Waals surface area (Å²) in [5.41, 5.74) is 0.278. The van der Waals surface area contributed by atoms with E-state index >= 15 is 0 Å². The number of rotatable bonds is 1. The SMILES string of the molecule is CC1COc2ccc(S(=O)(=O)Cl)cc2C1=O. The maximum absolute atomic E-state index is 11.8. The molecule has 1 aromatic carbocycles. The molecule has 1 aliphatic rings. The summed E-state index contributed by atoms with van der Waals surface area (Å²) in [5, 5.41) is 0. The number of hydrogen-bond donors (Lipinski definition) is 0. The molecule has 0 spiro atoms. The van der Waals surface area contributed by atoms with Crippen molar-refractivity contribution < 1.29 is 17.9 Å². The maximum Gasteiger partial charge on any atom is 0.261 e. The lowest BCUT2D eigenvalue weighted by Crippen LogP contribution is -2.25. The van der Waals surface area contributed by atoms with Crippen LogP contribution in [0.25, 0.3) is 0 Å². The molecule has 1 aliphatic heterocycles. The van der Waals surface area contributed by atoms with E-state index < -0.39 is 9.05 Å². The lowest BCUT2D eigenvalue weighted by atomic mass is 9.97. The molecule has 86 valence electrons. The minimum absolute atomic E-state index is 0.0843. The van der Waals surface area contributed by atoms with Gasteiger partial charge in [0, 0.05) is 10.7 Å². The molecule has 0 radical (unpaired) electrons. The third-order valence-electron chi connectivity index (χ3n) is 2.43. The van der Waals surface area contributed by atoms with E-state index in [2.05, 4.69) is 0 Å². The first-order chi connectivity index (χ1) is 7.39. The molecule has 0 saturated carbocycles. The quantitative estimate of drug-likeness (QED) is 0.723. The lowest BCUT2D eigenvalue weighted by molar-refractivity contribution is 0.0848. The molecule has 0 amide bonds. The number of ether oxygens (including phenoxy) is 1. The van der Waals surface area contributed by atoms with Crippen LogP contribution in [0.15, 0.2) is 23.1 Å². The Morgan fingerprint density at radius 3 is 2.75 bits per heavy atom. The molecule has 1 heterocycles. The van der Waals surface area contributed by atoms with E-state index in [1.807, 2.05) is 0 Å². The van der Waals surface area contributed by atoms with Gasteiger partial charge in [-0.3, -0.25) is 4.79 Å². The number of Topliss-reactive ketones (excluding diaryl/α,β-unsaturated/α-hetero) is 1. The predicted octanol–water partition coefficient (Wildman–Crippen LogP) is 1.83. The number of benzene rings is 1. The van der Waals surface area contributed by atoms with Gasteiger partial charge >= 0.3 is 0 Å². The first kappa shape index (κ1) is 11.4. The number of halogens is 1. The van der Waals surface area contributed by atoms with Crippen LogP contribution >= 0.6 is 10.7 Å². The van der Waals surface area contributed by atoms with Crippen LogP contribution in [0.4, 0.5) is 0 Å². The van der Waals surface area contributed by atoms with Crippen LogP contribution in [-0.4, -0.2) is 20.8 Å². The molecule has 0 fully saturated rings. The molecule has 1 aromatic rings. The zero-order valence-corrected chi connectivity index (χ0v) is 10.0. The second kappa shape index (κ2) is 3.75. The minimum atomic E-state index is -3.81. The molecule has 0 aliphatic carbocycles. The van der Waals surface area contributed by atoms with Gasteiger partial charge in [-0.2, -0.15) is 0 Å². The van der Waals surface area contributed by atoms with Crippen molar-refractivity contribution in [3.05, 3.63) is 23.8 Å². The average Bonchev–Trinajstić information content (AvgIpc) is 2.22. The van der Waals surface area contributed by atoms with Crippen LogP contribution in [-0.2, 0) is 9.05 Å². The zero-order valence-electron chi connectivity index (χ0n) is 8.44. The number of fused-ring (bicyclic) bond motifs is 1. The van der Waals surface area contributed by atoms with Gasteiger partial charge < -0.3 is 4.74 Å². The van der Waals surface area contributed by atoms with E-state index in [1.54, 1.807) is 6.92 Å². The Bertz CT molecular complexity index is 550. The highest BCUT2D eigenvalue weighted by Gasteiger charge is 2.26. The van der Waals surface area contributed by atoms with Gasteiger partial charge in [0.05, 0.1) is 23.0 Å². The highest BCUT2D eigenvalue weighted by molar-refractivity contribution is 8.13. The third kappa shape index (κ3) is 1.92. The van der Waals surface area contributed by atoms with Crippen LogP contribution in [0, 0.1) is 5.92 Å². The highest BCUT2D eigenvalue weighted by Crippen LogP contribution is 2.30. The molecular weight excluding hydrogens is 252 g/mol. The number of ketones is 1. The zero-order chi connectivity index (χ0) is 11.9. The fourth-order valence-corrected chi connectivity index (χ4v) is 2.31. The van der Waals surface area contributed by atoms with E-state index in [0.29, 0.717) is 12.4 Å². The predicted molar refractivity (Wildman–Crippen MR) is 58.5 cm³/mol. The molecule has 0 aromatic heterocycles. The van der Waals surface area contributed by atoms with Gasteiger partial charge in [-0.15, -0.1) is 0 Å². The summed E-state index contributed by atoms with van der Waals surface area (Å²) >= 11 is 0. The second-order valence-electron chi connectivity index (χ2n) is 3.67. The molecule has 6 heteroatoms. The van der Waals surface area contributed by atoms with Crippen LogP contribution in [0.3, 0.4) is 0 Å². The van der Waals surface area contributed by atoms with E-state index in [1.165, 1.54) is 18.2 Å². The standard InChI is InChI=1S/C10H9ClO4S/c1-6-5-15-9-3-2-7(16(11,13)14)4-8(9)10(6)12/h2-4,6H,5H2,1H3. The highest BCUT2D eigenvalue weighted by atomic mass is 35.7. The molecule has 0 bridgehead atoms. The van der Waals surface area contributed by atoms with Crippen molar-refractivity contribution in [3.63, 3.8) is 0 Å². The van der Waals surface area contributed by atoms with E-state index in [4.69, 9.17) is 15.4 Å². The topological polar surface area (TPSA) is 60.4 Å². The van der Waals surface area contributed by atoms with Gasteiger partial charge in [0.1, 0.15) is 5.75 Å². The summed E-state index contributed by atoms with van der Waals surface area (Å²) in [5.74, 6) is 0.0244. The summed E-state index contributed by atoms with van der Waals surface area (Å²) in [6.07, 6.45) is 0. The van der Waals surface area contributed by atoms with Crippen LogP contribution in [0.2, 0.25) is 0 Å². The monoisotopic (exact) mass is 260 g/mol. The summed E-state index contributed by atoms with van der Waals surface area (Å²) in [4.78, 5) is 11.7. The second-order valence-corrected chi connectivity index (χ2v) is 6.24. The van der Waals surface area contributed by atoms with Gasteiger partial charge in [-0.05, 0) is 18.2 Å². The van der Waals surface area contributed by atoms with Crippen molar-refractivity contribution in [1.82, 2.24) is 0 Å². The maximum atomic E-state index is 11.8. The van der Waals surface area contributed by atoms with Crippen molar-refractivity contribution in [2.75, 3.05) is 6.61 Å². The summed E-state index contributed by atoms with van der Waals surface area (Å²) < 4.78 is 27.6. The van der Waals surface area contributed by atoms with Crippen molar-refractivity contribution in [2.45, 2.75) is 11.8 Å². The summed E-state index contributed by atoms with van der Waals surface area (Å²) in [6, 6.07) is 4.04. The third-order valence-corrected chi connectivity index (χ3v) is 3.79. The normalized spacial score (nSPS) is 20.1. The molecule has 0 saturated heterocycles. The number of carbonyl (C=O) groups is 1. The Morgan fingerprint density at radius 2 is 2.12 bits per heavy atom. The average molecular weight is 261 g/mol. The van der Waals surface area contributed by atoms with E-state index in [0.717, 1.165) is 0 Å². The largest absolute Gasteiger partial charge is 0.492 e. The Hall–Kier alpha value is -1.07. The first-order valence-electron chi connectivity index (χ1n) is 4.65. The van der Waals surface area contributed by atoms with Gasteiger partial charge in [0.25, 0.3) is 9.05 Å². The molecule has 4 nitrogen and oxygen atoms in total. The molecule has 2 rings (SSSR count). The Kier molecular flexibility index (Phi) is 2.67.